The van der Waals surface area contributed by atoms with Gasteiger partial charge in [-0.25, -0.2) is 0 Å². The maximum atomic E-state index is 12.9. The summed E-state index contributed by atoms with van der Waals surface area (Å²) in [5.41, 5.74) is 11.0. The van der Waals surface area contributed by atoms with Gasteiger partial charge in [-0.1, -0.05) is 68.8 Å². The van der Waals surface area contributed by atoms with E-state index >= 15 is 0 Å². The molecule has 0 radical (unpaired) electrons. The smallest absolute Gasteiger partial charge is 0.137 e. The van der Waals surface area contributed by atoms with Crippen LogP contribution in [-0.2, 0) is 42.4 Å². The fourth-order valence-corrected chi connectivity index (χ4v) is 10.1. The predicted octanol–water partition coefficient (Wildman–Crippen LogP) is 14.4. The first-order valence-electron chi connectivity index (χ1n) is 19.3. The van der Waals surface area contributed by atoms with E-state index in [9.17, 15) is 18.3 Å². The van der Waals surface area contributed by atoms with Crippen LogP contribution in [0, 0.1) is 19.8 Å². The van der Waals surface area contributed by atoms with E-state index in [4.69, 9.17) is 0 Å². The molecule has 3 aromatic carbocycles. The van der Waals surface area contributed by atoms with Gasteiger partial charge >= 0.3 is 136 Å². The van der Waals surface area contributed by atoms with Crippen molar-refractivity contribution < 1.29 is 36.2 Å². The molecule has 3 aliphatic rings. The Morgan fingerprint density at radius 1 is 0.855 bits per heavy atom. The van der Waals surface area contributed by atoms with Crippen LogP contribution in [0.5, 0.6) is 5.75 Å². The molecule has 0 amide bonds. The topological polar surface area (TPSA) is 46.7 Å². The summed E-state index contributed by atoms with van der Waals surface area (Å²) in [6.45, 7) is 14.4. The van der Waals surface area contributed by atoms with Gasteiger partial charge in [-0.2, -0.15) is 11.4 Å². The van der Waals surface area contributed by atoms with E-state index in [-0.39, 0.29) is 11.1 Å². The van der Waals surface area contributed by atoms with Crippen LogP contribution in [-0.4, -0.2) is 14.3 Å². The van der Waals surface area contributed by atoms with Crippen molar-refractivity contribution in [1.29, 1.82) is 0 Å². The zero-order valence-electron chi connectivity index (χ0n) is 33.0. The number of rotatable bonds is 4. The molecule has 9 heteroatoms. The quantitative estimate of drug-likeness (QED) is 0.164. The number of phenols is 1. The monoisotopic (exact) mass is 963 g/mol. The summed E-state index contributed by atoms with van der Waals surface area (Å²) in [7, 11) is 0. The standard InChI is InChI=1S/C21H24Br2O.C10H12.C7H4F3N.C6H8N.C2H6.Mo/c1-12-17(22)10-13-6-2-4-8-15(13)19(12)20-16-9-5-3-7-14(16)11-18(23)21(20)24;1-10(2,3)9-7-5-4-6-8-9;8-7(9,10)5-3-1-2-4-6(5)11;1-5-3-4-6(2)7-5;1-2;/h10-12,17,24H,2-9H2,1H3;1,4-8H,2-3H3;1-4H;3-4H,1-2H3;1-2H3;/q;;;-1;;/t12-,17-;;;;;/m0...../s1. The van der Waals surface area contributed by atoms with Gasteiger partial charge in [0.2, 0.25) is 0 Å². The molecule has 0 saturated heterocycles. The zero-order chi connectivity index (χ0) is 40.3. The minimum Gasteiger partial charge on any atom is -0.665 e. The first kappa shape index (κ1) is 45.0. The summed E-state index contributed by atoms with van der Waals surface area (Å²) in [4.78, 5) is 4.47. The summed E-state index contributed by atoms with van der Waals surface area (Å²) in [5, 5.41) is 11.0. The third-order valence-electron chi connectivity index (χ3n) is 10.1. The van der Waals surface area contributed by atoms with Gasteiger partial charge in [-0.05, 0) is 107 Å². The van der Waals surface area contributed by atoms with Crippen LogP contribution in [0.4, 0.5) is 18.9 Å². The van der Waals surface area contributed by atoms with Crippen molar-refractivity contribution in [2.75, 3.05) is 0 Å². The molecule has 2 atom stereocenters. The molecule has 7 rings (SSSR count). The number of aromatic hydroxyl groups is 1. The van der Waals surface area contributed by atoms with E-state index in [2.05, 4.69) is 77.7 Å². The van der Waals surface area contributed by atoms with Crippen molar-refractivity contribution in [1.82, 2.24) is 4.98 Å². The second-order valence-electron chi connectivity index (χ2n) is 14.6. The molecule has 55 heavy (non-hydrogen) atoms. The van der Waals surface area contributed by atoms with Gasteiger partial charge in [0, 0.05) is 10.4 Å². The predicted molar refractivity (Wildman–Crippen MR) is 227 cm³/mol. The van der Waals surface area contributed by atoms with Crippen LogP contribution in [0.2, 0.25) is 0 Å². The number of halogens is 5. The molecule has 1 heterocycles. The summed E-state index contributed by atoms with van der Waals surface area (Å²) in [6.07, 6.45) is 7.70. The second kappa shape index (κ2) is 20.7. The Kier molecular flexibility index (Phi) is 16.9. The number of phenolic OH excluding ortho intramolecular Hbond substituents is 1. The first-order valence-corrected chi connectivity index (χ1v) is 23.1. The molecule has 1 fully saturated rings. The Hall–Kier alpha value is -2.67. The van der Waals surface area contributed by atoms with Crippen molar-refractivity contribution in [3.05, 3.63) is 134 Å². The van der Waals surface area contributed by atoms with Gasteiger partial charge in [0.1, 0.15) is 5.75 Å². The Bertz CT molecular complexity index is 2010. The Morgan fingerprint density at radius 2 is 1.45 bits per heavy atom. The first-order chi connectivity index (χ1) is 26.2. The minimum absolute atomic E-state index is 0.0394. The summed E-state index contributed by atoms with van der Waals surface area (Å²) < 4.78 is 45.9. The van der Waals surface area contributed by atoms with Crippen LogP contribution in [0.25, 0.3) is 5.57 Å². The number of alkyl halides is 4. The van der Waals surface area contributed by atoms with Gasteiger partial charge < -0.3 is 10.1 Å². The number of hydrogen-bond acceptors (Lipinski definition) is 2. The van der Waals surface area contributed by atoms with E-state index in [1.165, 1.54) is 72.1 Å². The van der Waals surface area contributed by atoms with E-state index < -0.39 is 29.7 Å². The van der Waals surface area contributed by atoms with Crippen LogP contribution in [0.15, 0.2) is 98.0 Å². The van der Waals surface area contributed by atoms with Gasteiger partial charge in [0.25, 0.3) is 0 Å². The van der Waals surface area contributed by atoms with Crippen molar-refractivity contribution in [2.45, 2.75) is 116 Å². The van der Waals surface area contributed by atoms with Crippen molar-refractivity contribution in [3.8, 4) is 5.75 Å². The summed E-state index contributed by atoms with van der Waals surface area (Å²) in [6, 6.07) is 21.6. The molecule has 3 aliphatic carbocycles. The Morgan fingerprint density at radius 3 is 2.09 bits per heavy atom. The van der Waals surface area contributed by atoms with Crippen LogP contribution in [0.1, 0.15) is 112 Å². The number of allylic oxidation sites excluding steroid dienone is 4. The summed E-state index contributed by atoms with van der Waals surface area (Å²) >= 11 is 6.48. The molecule has 4 aromatic rings. The largest absolute Gasteiger partial charge is 0.665 e. The molecule has 0 aliphatic heterocycles. The van der Waals surface area contributed by atoms with Gasteiger partial charge in [0.05, 0.1) is 4.47 Å². The third-order valence-corrected chi connectivity index (χ3v) is 14.2. The molecule has 1 saturated carbocycles. The van der Waals surface area contributed by atoms with Crippen LogP contribution >= 0.6 is 31.9 Å². The average Bonchev–Trinajstić information content (AvgIpc) is 3.56. The molecule has 0 unspecified atom stereocenters. The zero-order valence-corrected chi connectivity index (χ0v) is 38.2. The Balaban J connectivity index is 0.000000201. The maximum absolute atomic E-state index is 12.9. The third kappa shape index (κ3) is 11.9. The number of hydrogen-bond donors (Lipinski definition) is 1. The van der Waals surface area contributed by atoms with Crippen molar-refractivity contribution >= 4 is 47.5 Å². The number of aromatic nitrogens is 1. The number of nitrogens with zero attached hydrogens (tertiary/aromatic N) is 2. The molecule has 0 spiro atoms. The van der Waals surface area contributed by atoms with Crippen molar-refractivity contribution in [3.63, 3.8) is 0 Å². The van der Waals surface area contributed by atoms with Gasteiger partial charge in [-0.3, -0.25) is 0 Å². The number of fused-ring (bicyclic) bond motifs is 2. The SMILES string of the molecule is CC.CC(C)([CH]=[Mo]=[N]c1ccccc1C(F)(F)F)c1ccccc1.C[C@@H]1C(c2c(O)c(Br)cc3c2CCCC3)=C2CCCCC2=C[C@@H]1Br.Cc1ccc(C)[n-]1. The average molecular weight is 964 g/mol. The number of aryl methyl sites for hydroxylation is 3. The normalized spacial score (nSPS) is 17.7. The Labute approximate surface area is 351 Å². The molecule has 0 bridgehead atoms. The van der Waals surface area contributed by atoms with E-state index in [1.54, 1.807) is 6.07 Å². The molecule has 296 valence electrons. The van der Waals surface area contributed by atoms with Gasteiger partial charge in [-0.15, -0.1) is 0 Å². The summed E-state index contributed by atoms with van der Waals surface area (Å²) in [5.74, 6) is 0.851. The molecule has 1 aromatic heterocycles. The minimum atomic E-state index is -4.36. The van der Waals surface area contributed by atoms with Crippen molar-refractivity contribution in [2.24, 2.45) is 9.41 Å². The molecular weight excluding hydrogens is 909 g/mol. The maximum Gasteiger partial charge on any atom is 0.137 e. The molecule has 3 nitrogen and oxygen atoms in total. The van der Waals surface area contributed by atoms with E-state index in [1.807, 2.05) is 70.2 Å². The van der Waals surface area contributed by atoms with Gasteiger partial charge in [0.15, 0.2) is 0 Å². The number of benzene rings is 3. The molecular formula is C46H54Br2F3MoN2O-. The van der Waals surface area contributed by atoms with Crippen LogP contribution in [0.3, 0.4) is 0 Å². The second-order valence-corrected chi connectivity index (χ2v) is 18.1. The van der Waals surface area contributed by atoms with Crippen LogP contribution < -0.4 is 4.98 Å². The van der Waals surface area contributed by atoms with E-state index in [0.717, 1.165) is 52.3 Å². The fourth-order valence-electron chi connectivity index (χ4n) is 7.25. The molecule has 1 N–H and O–H groups in total. The fraction of sp³-hybridized carbons (Fsp3) is 0.413. The van der Waals surface area contributed by atoms with E-state index in [0.29, 0.717) is 16.5 Å².